The molecule has 0 bridgehead atoms. The van der Waals surface area contributed by atoms with Crippen molar-refractivity contribution >= 4 is 22.6 Å². The predicted molar refractivity (Wildman–Crippen MR) is 91.0 cm³/mol. The van der Waals surface area contributed by atoms with Gasteiger partial charge in [0.25, 0.3) is 0 Å². The van der Waals surface area contributed by atoms with Crippen LogP contribution in [-0.4, -0.2) is 40.7 Å². The van der Waals surface area contributed by atoms with Crippen molar-refractivity contribution in [3.8, 4) is 0 Å². The zero-order valence-electron chi connectivity index (χ0n) is 13.7. The second kappa shape index (κ2) is 4.60. The van der Waals surface area contributed by atoms with Gasteiger partial charge in [-0.1, -0.05) is 0 Å². The number of aromatic amines is 1. The van der Waals surface area contributed by atoms with Gasteiger partial charge in [-0.2, -0.15) is 0 Å². The number of nitrogens with one attached hydrogen (secondary N) is 2. The van der Waals surface area contributed by atoms with Crippen molar-refractivity contribution < 1.29 is 14.3 Å². The third kappa shape index (κ3) is 2.05. The van der Waals surface area contributed by atoms with Gasteiger partial charge < -0.3 is 20.3 Å². The maximum Gasteiger partial charge on any atom is 0.341 e. The first-order valence-corrected chi connectivity index (χ1v) is 8.53. The van der Waals surface area contributed by atoms with Crippen LogP contribution in [0.4, 0.5) is 10.1 Å². The van der Waals surface area contributed by atoms with Crippen LogP contribution in [0.1, 0.15) is 41.6 Å². The van der Waals surface area contributed by atoms with E-state index < -0.39 is 17.2 Å². The molecule has 2 atom stereocenters. The lowest BCUT2D eigenvalue weighted by molar-refractivity contribution is 0.0695. The highest BCUT2D eigenvalue weighted by molar-refractivity contribution is 5.95. The Bertz CT molecular complexity index is 997. The molecule has 6 nitrogen and oxygen atoms in total. The Morgan fingerprint density at radius 2 is 2.20 bits per heavy atom. The molecule has 3 heterocycles. The van der Waals surface area contributed by atoms with Gasteiger partial charge in [-0.15, -0.1) is 0 Å². The fraction of sp³-hybridized carbons (Fsp3) is 0.444. The molecule has 5 rings (SSSR count). The van der Waals surface area contributed by atoms with Gasteiger partial charge in [0.05, 0.1) is 16.7 Å². The van der Waals surface area contributed by atoms with E-state index in [2.05, 4.69) is 22.1 Å². The van der Waals surface area contributed by atoms with Crippen molar-refractivity contribution in [1.29, 1.82) is 0 Å². The van der Waals surface area contributed by atoms with Gasteiger partial charge in [0.2, 0.25) is 5.43 Å². The Balaban J connectivity index is 1.74. The first-order valence-electron chi connectivity index (χ1n) is 8.53. The number of piperazine rings is 1. The Kier molecular flexibility index (Phi) is 2.74. The van der Waals surface area contributed by atoms with Crippen LogP contribution in [0.15, 0.2) is 17.1 Å². The topological polar surface area (TPSA) is 95.3 Å². The van der Waals surface area contributed by atoms with E-state index in [0.717, 1.165) is 31.5 Å². The summed E-state index contributed by atoms with van der Waals surface area (Å²) < 4.78 is 15.0. The van der Waals surface area contributed by atoms with E-state index in [1.165, 1.54) is 12.3 Å². The van der Waals surface area contributed by atoms with E-state index in [1.807, 2.05) is 0 Å². The molecule has 1 aliphatic carbocycles. The van der Waals surface area contributed by atoms with Crippen LogP contribution < -0.4 is 15.6 Å². The molecule has 2 unspecified atom stereocenters. The quantitative estimate of drug-likeness (QED) is 0.739. The molecule has 0 amide bonds. The molecule has 1 aromatic heterocycles. The van der Waals surface area contributed by atoms with Crippen LogP contribution in [0.5, 0.6) is 0 Å². The number of carboxylic acids is 1. The minimum Gasteiger partial charge on any atom is -0.477 e. The molecule has 1 saturated carbocycles. The summed E-state index contributed by atoms with van der Waals surface area (Å²) in [6.45, 7) is 3.61. The number of anilines is 1. The van der Waals surface area contributed by atoms with Gasteiger partial charge in [-0.05, 0) is 31.7 Å². The van der Waals surface area contributed by atoms with Crippen LogP contribution in [0.25, 0.3) is 10.9 Å². The van der Waals surface area contributed by atoms with Crippen molar-refractivity contribution in [3.05, 3.63) is 39.4 Å². The first-order chi connectivity index (χ1) is 11.9. The molecular formula is C18H18FN3O3. The van der Waals surface area contributed by atoms with Crippen LogP contribution in [0.3, 0.4) is 0 Å². The van der Waals surface area contributed by atoms with Crippen molar-refractivity contribution in [2.75, 3.05) is 18.0 Å². The summed E-state index contributed by atoms with van der Waals surface area (Å²) >= 11 is 0. The number of H-pyrrole nitrogens is 1. The van der Waals surface area contributed by atoms with Gasteiger partial charge in [-0.25, -0.2) is 9.18 Å². The van der Waals surface area contributed by atoms with Gasteiger partial charge >= 0.3 is 5.97 Å². The average Bonchev–Trinajstić information content (AvgIpc) is 3.45. The van der Waals surface area contributed by atoms with Gasteiger partial charge in [-0.3, -0.25) is 4.79 Å². The molecule has 2 aromatic rings. The number of nitrogens with zero attached hydrogens (tertiary/aromatic N) is 1. The minimum absolute atomic E-state index is 0.0444. The molecule has 130 valence electrons. The molecule has 7 heteroatoms. The summed E-state index contributed by atoms with van der Waals surface area (Å²) in [4.78, 5) is 28.7. The van der Waals surface area contributed by atoms with E-state index >= 15 is 4.39 Å². The monoisotopic (exact) mass is 343 g/mol. The standard InChI is InChI=1S/C18H18FN3O3/c1-18-7-22(6-12(18)21-18)15-11(19)4-9-14(13(15)8-2-3-8)20-5-10(16(9)23)17(24)25/h4-5,8,12,21H,2-3,6-7H2,1H3,(H,20,23)(H,24,25). The van der Waals surface area contributed by atoms with E-state index in [-0.39, 0.29) is 22.4 Å². The predicted octanol–water partition coefficient (Wildman–Crippen LogP) is 1.79. The molecule has 3 aliphatic rings. The normalized spacial score (nSPS) is 27.6. The number of carbonyl (C=O) groups is 1. The number of hydrogen-bond donors (Lipinski definition) is 3. The largest absolute Gasteiger partial charge is 0.477 e. The lowest BCUT2D eigenvalue weighted by Crippen LogP contribution is -2.32. The summed E-state index contributed by atoms with van der Waals surface area (Å²) in [5, 5.41) is 12.7. The molecule has 0 spiro atoms. The third-order valence-electron chi connectivity index (χ3n) is 5.79. The minimum atomic E-state index is -1.31. The van der Waals surface area contributed by atoms with Crippen molar-refractivity contribution in [3.63, 3.8) is 0 Å². The second-order valence-electron chi connectivity index (χ2n) is 7.65. The number of hydrogen-bond acceptors (Lipinski definition) is 4. The molecule has 2 aliphatic heterocycles. The van der Waals surface area contributed by atoms with E-state index in [4.69, 9.17) is 5.11 Å². The van der Waals surface area contributed by atoms with E-state index in [9.17, 15) is 9.59 Å². The highest BCUT2D eigenvalue weighted by Crippen LogP contribution is 2.49. The van der Waals surface area contributed by atoms with Crippen LogP contribution in [0.2, 0.25) is 0 Å². The zero-order chi connectivity index (χ0) is 17.5. The number of rotatable bonds is 3. The SMILES string of the molecule is CC12CN(c3c(F)cc4c(=O)c(C(=O)O)c[nH]c4c3C3CC3)CC1N2. The third-order valence-corrected chi connectivity index (χ3v) is 5.79. The summed E-state index contributed by atoms with van der Waals surface area (Å²) in [6, 6.07) is 1.57. The number of fused-ring (bicyclic) bond motifs is 2. The Morgan fingerprint density at radius 1 is 1.44 bits per heavy atom. The smallest absolute Gasteiger partial charge is 0.341 e. The molecule has 2 saturated heterocycles. The van der Waals surface area contributed by atoms with Crippen molar-refractivity contribution in [1.82, 2.24) is 10.3 Å². The van der Waals surface area contributed by atoms with E-state index in [1.54, 1.807) is 0 Å². The van der Waals surface area contributed by atoms with Gasteiger partial charge in [0.1, 0.15) is 11.4 Å². The molecule has 3 fully saturated rings. The summed E-state index contributed by atoms with van der Waals surface area (Å²) in [5.41, 5.74) is 1.03. The van der Waals surface area contributed by atoms with E-state index in [0.29, 0.717) is 17.2 Å². The lowest BCUT2D eigenvalue weighted by atomic mass is 10.00. The van der Waals surface area contributed by atoms with Crippen LogP contribution in [-0.2, 0) is 0 Å². The summed E-state index contributed by atoms with van der Waals surface area (Å²) in [5.74, 6) is -1.52. The number of halogens is 1. The number of aromatic carboxylic acids is 1. The van der Waals surface area contributed by atoms with Crippen LogP contribution in [0, 0.1) is 5.82 Å². The number of benzene rings is 1. The average molecular weight is 343 g/mol. The van der Waals surface area contributed by atoms with Crippen LogP contribution >= 0.6 is 0 Å². The fourth-order valence-corrected chi connectivity index (χ4v) is 4.21. The Morgan fingerprint density at radius 3 is 2.80 bits per heavy atom. The van der Waals surface area contributed by atoms with Crippen molar-refractivity contribution in [2.24, 2.45) is 0 Å². The summed E-state index contributed by atoms with van der Waals surface area (Å²) in [7, 11) is 0. The summed E-state index contributed by atoms with van der Waals surface area (Å²) in [6.07, 6.45) is 3.15. The molecule has 0 radical (unpaired) electrons. The van der Waals surface area contributed by atoms with Crippen molar-refractivity contribution in [2.45, 2.75) is 37.3 Å². The lowest BCUT2D eigenvalue weighted by Gasteiger charge is -2.26. The van der Waals surface area contributed by atoms with Gasteiger partial charge in [0.15, 0.2) is 0 Å². The fourth-order valence-electron chi connectivity index (χ4n) is 4.21. The number of pyridine rings is 1. The Hall–Kier alpha value is -2.41. The first kappa shape index (κ1) is 14.9. The molecule has 1 aromatic carbocycles. The van der Waals surface area contributed by atoms with Gasteiger partial charge in [0, 0.05) is 36.3 Å². The maximum atomic E-state index is 15.0. The maximum absolute atomic E-state index is 15.0. The highest BCUT2D eigenvalue weighted by Gasteiger charge is 2.56. The zero-order valence-corrected chi connectivity index (χ0v) is 13.7. The highest BCUT2D eigenvalue weighted by atomic mass is 19.1. The molecule has 25 heavy (non-hydrogen) atoms. The molecule has 3 N–H and O–H groups in total. The molecular weight excluding hydrogens is 325 g/mol. The number of carboxylic acid groups (broad SMARTS) is 1. The number of aromatic nitrogens is 1. The second-order valence-corrected chi connectivity index (χ2v) is 7.65. The Labute approximate surface area is 142 Å².